The summed E-state index contributed by atoms with van der Waals surface area (Å²) in [5, 5.41) is 10.7. The molecule has 8 aromatic rings. The number of hydrogen-bond donors (Lipinski definition) is 2. The van der Waals surface area contributed by atoms with Crippen molar-refractivity contribution in [1.82, 2.24) is 35.1 Å². The van der Waals surface area contributed by atoms with E-state index in [1.165, 1.54) is 39.5 Å². The largest absolute Gasteiger partial charge is 0.493 e. The van der Waals surface area contributed by atoms with Gasteiger partial charge in [0.05, 0.1) is 53.6 Å². The van der Waals surface area contributed by atoms with Gasteiger partial charge in [0, 0.05) is 97.8 Å². The molecule has 4 atom stereocenters. The number of methoxy groups -OCH3 is 4. The van der Waals surface area contributed by atoms with Gasteiger partial charge in [-0.15, -0.1) is 34.0 Å². The smallest absolute Gasteiger partial charge is 0.410 e. The molecule has 0 aliphatic carbocycles. The lowest BCUT2D eigenvalue weighted by Crippen LogP contribution is -2.46. The third-order valence-corrected chi connectivity index (χ3v) is 21.1. The third kappa shape index (κ3) is 22.5. The van der Waals surface area contributed by atoms with Crippen molar-refractivity contribution in [3.05, 3.63) is 153 Å². The van der Waals surface area contributed by atoms with Crippen molar-refractivity contribution in [2.75, 3.05) is 74.3 Å². The molecule has 23 heteroatoms. The van der Waals surface area contributed by atoms with Gasteiger partial charge in [-0.1, -0.05) is 54.6 Å². The fourth-order valence-electron chi connectivity index (χ4n) is 12.9. The molecule has 2 N–H and O–H groups in total. The Morgan fingerprint density at radius 1 is 0.485 bits per heavy atom. The van der Waals surface area contributed by atoms with Gasteiger partial charge >= 0.3 is 18.3 Å². The summed E-state index contributed by atoms with van der Waals surface area (Å²) in [7, 11) is 6.30. The number of thiophene rings is 3. The molecule has 0 spiro atoms. The quantitative estimate of drug-likeness (QED) is 0.0570. The topological polar surface area (TPSA) is 207 Å². The van der Waals surface area contributed by atoms with E-state index in [-0.39, 0.29) is 48.2 Å². The summed E-state index contributed by atoms with van der Waals surface area (Å²) in [4.78, 5) is 87.2. The van der Waals surface area contributed by atoms with Gasteiger partial charge in [0.25, 0.3) is 11.8 Å². The number of carbonyl (C=O) groups is 6. The summed E-state index contributed by atoms with van der Waals surface area (Å²) >= 11 is 5.26. The molecule has 7 heterocycles. The van der Waals surface area contributed by atoms with Crippen molar-refractivity contribution in [2.24, 2.45) is 0 Å². The van der Waals surface area contributed by atoms with Crippen LogP contribution in [0.3, 0.4) is 0 Å². The highest BCUT2D eigenvalue weighted by atomic mass is 32.1. The van der Waals surface area contributed by atoms with Crippen LogP contribution in [0, 0.1) is 0 Å². The molecule has 103 heavy (non-hydrogen) atoms. The molecular formula is C80H103N7O13S3. The van der Waals surface area contributed by atoms with Crippen LogP contribution in [0.5, 0.6) is 23.0 Å². The Morgan fingerprint density at radius 2 is 0.893 bits per heavy atom. The normalized spacial score (nSPS) is 17.3. The van der Waals surface area contributed by atoms with Crippen molar-refractivity contribution in [2.45, 2.75) is 174 Å². The maximum absolute atomic E-state index is 13.8. The van der Waals surface area contributed by atoms with Crippen LogP contribution in [0.25, 0.3) is 30.3 Å². The van der Waals surface area contributed by atoms with Gasteiger partial charge in [0.1, 0.15) is 23.1 Å². The Kier molecular flexibility index (Phi) is 27.7. The molecule has 4 aliphatic heterocycles. The average molecular weight is 1470 g/mol. The van der Waals surface area contributed by atoms with Crippen molar-refractivity contribution < 1.29 is 61.9 Å². The molecular weight excluding hydrogens is 1360 g/mol. The number of amides is 5. The zero-order valence-corrected chi connectivity index (χ0v) is 64.5. The van der Waals surface area contributed by atoms with Crippen LogP contribution >= 0.6 is 34.0 Å². The Bertz CT molecular complexity index is 4050. The standard InChI is InChI=1S/C28H34N2O5S.C23H26N2O3S.C19H26N2O2S.C10H17NO3/c1-28(2,3)35-27(32)30-14-8-10-21(30)17-29(18-22-15-19-9-6-7-11-25(19)36-22)26(31)20-12-13-23(33-4)24(16-20)34-5;1-27-20-10-9-17(13-21(20)28-2)23(26)25(14-18-7-5-11-24-18)15-19-12-16-6-3-4-8-22(16)29-19;1-19(2,3)23-18(22)21-10-6-8-15(21)12-20-13-16-11-14-7-4-5-9-17(14)24-16;1-10(2,3)14-9(13)11-6-4-5-8(11)7-12/h6-7,9,11-13,15-16,21H,8,10,14,17-18H2,1-5H3;3-4,6,8-10,12-13,18,24H,5,7,11,14-15H2,1-2H3;4-5,7,9,11,15,20H,6,8,10,12-13H2,1-3H3;7-8H,4-6H2,1-3H3/t21-;18-;15-;8-/m0000/s1. The van der Waals surface area contributed by atoms with E-state index < -0.39 is 16.8 Å². The second kappa shape index (κ2) is 36.3. The molecule has 20 nitrogen and oxygen atoms in total. The van der Waals surface area contributed by atoms with E-state index in [1.807, 2.05) is 113 Å². The second-order valence-electron chi connectivity index (χ2n) is 29.1. The van der Waals surface area contributed by atoms with Crippen LogP contribution in [0.1, 0.15) is 149 Å². The molecule has 0 unspecified atom stereocenters. The van der Waals surface area contributed by atoms with Gasteiger partial charge in [-0.2, -0.15) is 0 Å². The monoisotopic (exact) mass is 1470 g/mol. The van der Waals surface area contributed by atoms with Gasteiger partial charge in [-0.3, -0.25) is 14.5 Å². The third-order valence-electron chi connectivity index (χ3n) is 17.8. The SMILES string of the molecule is CC(C)(C)OC(=O)N1CCC[C@H]1C=O.CC(C)(C)OC(=O)N1CCC[C@H]1CNCc1cc2ccccc2s1.COc1ccc(C(=O)N(Cc2cc3ccccc3s2)C[C@@H]2CCCN2)cc1OC.COc1ccc(C(=O)N(Cc2cc3ccccc3s2)C[C@@H]2CCCN2C(=O)OC(C)(C)C)cc1OC. The van der Waals surface area contributed by atoms with E-state index in [9.17, 15) is 28.8 Å². The minimum atomic E-state index is -0.573. The summed E-state index contributed by atoms with van der Waals surface area (Å²) in [6.07, 6.45) is 7.60. The zero-order valence-electron chi connectivity index (χ0n) is 62.0. The summed E-state index contributed by atoms with van der Waals surface area (Å²) in [5.41, 5.74) is -0.379. The fourth-order valence-corrected chi connectivity index (χ4v) is 16.1. The van der Waals surface area contributed by atoms with E-state index in [0.717, 1.165) is 94.1 Å². The van der Waals surface area contributed by atoms with Crippen LogP contribution in [0.2, 0.25) is 0 Å². The fraction of sp³-hybridized carbons (Fsp3) is 0.475. The van der Waals surface area contributed by atoms with E-state index in [2.05, 4.69) is 83.4 Å². The highest BCUT2D eigenvalue weighted by Crippen LogP contribution is 2.35. The lowest BCUT2D eigenvalue weighted by molar-refractivity contribution is -0.111. The predicted molar refractivity (Wildman–Crippen MR) is 411 cm³/mol. The molecule has 3 aromatic heterocycles. The molecule has 12 rings (SSSR count). The van der Waals surface area contributed by atoms with Crippen LogP contribution in [0.15, 0.2) is 127 Å². The molecule has 0 bridgehead atoms. The molecule has 0 saturated carbocycles. The molecule has 554 valence electrons. The number of rotatable bonds is 19. The minimum Gasteiger partial charge on any atom is -0.493 e. The van der Waals surface area contributed by atoms with E-state index >= 15 is 0 Å². The van der Waals surface area contributed by atoms with E-state index in [0.29, 0.717) is 79.4 Å². The van der Waals surface area contributed by atoms with Gasteiger partial charge in [-0.25, -0.2) is 14.4 Å². The molecule has 4 saturated heterocycles. The van der Waals surface area contributed by atoms with Crippen molar-refractivity contribution in [3.8, 4) is 23.0 Å². The molecule has 4 fully saturated rings. The van der Waals surface area contributed by atoms with Crippen LogP contribution in [-0.2, 0) is 38.6 Å². The second-order valence-corrected chi connectivity index (χ2v) is 32.7. The summed E-state index contributed by atoms with van der Waals surface area (Å²) in [5.74, 6) is 2.15. The van der Waals surface area contributed by atoms with E-state index in [1.54, 1.807) is 86.3 Å². The number of fused-ring (bicyclic) bond motifs is 3. The lowest BCUT2D eigenvalue weighted by atomic mass is 10.1. The van der Waals surface area contributed by atoms with Crippen LogP contribution < -0.4 is 29.6 Å². The number of hydrogen-bond acceptors (Lipinski definition) is 18. The first kappa shape index (κ1) is 78.7. The first-order valence-corrected chi connectivity index (χ1v) is 38.0. The van der Waals surface area contributed by atoms with Crippen molar-refractivity contribution in [3.63, 3.8) is 0 Å². The minimum absolute atomic E-state index is 0.0112. The summed E-state index contributed by atoms with van der Waals surface area (Å²) < 4.78 is 41.6. The molecule has 0 radical (unpaired) electrons. The van der Waals surface area contributed by atoms with Gasteiger partial charge < -0.3 is 68.2 Å². The van der Waals surface area contributed by atoms with Gasteiger partial charge in [0.2, 0.25) is 0 Å². The zero-order chi connectivity index (χ0) is 74.0. The summed E-state index contributed by atoms with van der Waals surface area (Å²) in [6.45, 7) is 23.7. The first-order chi connectivity index (χ1) is 49.2. The Labute approximate surface area is 618 Å². The van der Waals surface area contributed by atoms with Gasteiger partial charge in [-0.05, 0) is 209 Å². The van der Waals surface area contributed by atoms with Crippen molar-refractivity contribution >= 4 is 101 Å². The first-order valence-electron chi connectivity index (χ1n) is 35.6. The highest BCUT2D eigenvalue weighted by molar-refractivity contribution is 7.19. The van der Waals surface area contributed by atoms with Crippen molar-refractivity contribution in [1.29, 1.82) is 0 Å². The van der Waals surface area contributed by atoms with Crippen LogP contribution in [-0.4, -0.2) is 176 Å². The number of nitrogens with one attached hydrogen (secondary N) is 2. The predicted octanol–water partition coefficient (Wildman–Crippen LogP) is 16.2. The number of likely N-dealkylation sites (tertiary alicyclic amines) is 3. The molecule has 5 aromatic carbocycles. The maximum Gasteiger partial charge on any atom is 0.410 e. The number of nitrogens with zero attached hydrogens (tertiary/aromatic N) is 5. The number of carbonyl (C=O) groups excluding carboxylic acids is 6. The van der Waals surface area contributed by atoms with Gasteiger partial charge in [0.15, 0.2) is 23.0 Å². The number of aldehydes is 1. The Hall–Kier alpha value is -8.48. The molecule has 5 amide bonds. The lowest BCUT2D eigenvalue weighted by Gasteiger charge is -2.32. The average Bonchev–Trinajstić information content (AvgIpc) is 0.914. The number of benzene rings is 5. The van der Waals surface area contributed by atoms with Crippen LogP contribution in [0.4, 0.5) is 14.4 Å². The molecule has 4 aliphatic rings. The van der Waals surface area contributed by atoms with E-state index in [4.69, 9.17) is 33.2 Å². The highest BCUT2D eigenvalue weighted by Gasteiger charge is 2.37. The Morgan fingerprint density at radius 3 is 1.33 bits per heavy atom. The summed E-state index contributed by atoms with van der Waals surface area (Å²) in [6, 6.07) is 42.3. The maximum atomic E-state index is 13.8. The Balaban J connectivity index is 0.000000167. The number of ether oxygens (including phenoxy) is 7.